The Hall–Kier alpha value is -2.53. The van der Waals surface area contributed by atoms with Crippen molar-refractivity contribution in [1.29, 1.82) is 0 Å². The van der Waals surface area contributed by atoms with E-state index in [1.54, 1.807) is 30.3 Å². The summed E-state index contributed by atoms with van der Waals surface area (Å²) in [6.45, 7) is 2.98. The number of carbonyl (C=O) groups excluding carboxylic acids is 2. The predicted octanol–water partition coefficient (Wildman–Crippen LogP) is 3.82. The molecular weight excluding hydrogens is 320 g/mol. The number of furan rings is 1. The van der Waals surface area contributed by atoms with Crippen LogP contribution in [0.5, 0.6) is 0 Å². The Labute approximate surface area is 137 Å². The molecule has 1 saturated heterocycles. The lowest BCUT2D eigenvalue weighted by Gasteiger charge is -2.29. The highest BCUT2D eigenvalue weighted by Gasteiger charge is 2.39. The van der Waals surface area contributed by atoms with Gasteiger partial charge in [-0.1, -0.05) is 23.7 Å². The van der Waals surface area contributed by atoms with Gasteiger partial charge in [-0.05, 0) is 24.3 Å². The van der Waals surface area contributed by atoms with E-state index in [9.17, 15) is 9.59 Å². The molecule has 5 nitrogen and oxygen atoms in total. The van der Waals surface area contributed by atoms with Crippen molar-refractivity contribution in [3.05, 3.63) is 52.8 Å². The van der Waals surface area contributed by atoms with Gasteiger partial charge in [0.25, 0.3) is 5.79 Å². The molecule has 0 bridgehead atoms. The highest BCUT2D eigenvalue weighted by Crippen LogP contribution is 2.28. The van der Waals surface area contributed by atoms with E-state index in [-0.39, 0.29) is 5.57 Å². The van der Waals surface area contributed by atoms with Gasteiger partial charge in [-0.15, -0.1) is 0 Å². The van der Waals surface area contributed by atoms with Crippen LogP contribution in [-0.2, 0) is 19.1 Å². The van der Waals surface area contributed by atoms with Crippen LogP contribution in [0.3, 0.4) is 0 Å². The summed E-state index contributed by atoms with van der Waals surface area (Å²) in [4.78, 5) is 23.8. The van der Waals surface area contributed by atoms with Crippen LogP contribution < -0.4 is 0 Å². The van der Waals surface area contributed by atoms with Gasteiger partial charge in [-0.3, -0.25) is 0 Å². The molecule has 0 atom stereocenters. The molecule has 6 heteroatoms. The van der Waals surface area contributed by atoms with E-state index in [0.29, 0.717) is 16.5 Å². The summed E-state index contributed by atoms with van der Waals surface area (Å²) in [6.07, 6.45) is 1.30. The fourth-order valence-corrected chi connectivity index (χ4v) is 2.34. The molecule has 2 aromatic rings. The normalized spacial score (nSPS) is 16.7. The van der Waals surface area contributed by atoms with Crippen LogP contribution in [0, 0.1) is 0 Å². The Bertz CT molecular complexity index is 794. The standard InChI is InChI=1S/C17H13ClO5/c1-17(2)22-15(19)13(16(20)23-17)9-12-6-7-14(21-12)10-4-3-5-11(18)8-10/h3-9H,1-2H3. The molecule has 0 spiro atoms. The Kier molecular flexibility index (Phi) is 3.74. The van der Waals surface area contributed by atoms with Crippen LogP contribution in [0.2, 0.25) is 5.02 Å². The maximum Gasteiger partial charge on any atom is 0.348 e. The van der Waals surface area contributed by atoms with Crippen molar-refractivity contribution in [3.63, 3.8) is 0 Å². The number of hydrogen-bond acceptors (Lipinski definition) is 5. The molecule has 3 rings (SSSR count). The number of benzene rings is 1. The van der Waals surface area contributed by atoms with Crippen LogP contribution in [-0.4, -0.2) is 17.7 Å². The molecule has 0 unspecified atom stereocenters. The van der Waals surface area contributed by atoms with Gasteiger partial charge in [0, 0.05) is 30.5 Å². The van der Waals surface area contributed by atoms with E-state index in [1.807, 2.05) is 6.07 Å². The summed E-state index contributed by atoms with van der Waals surface area (Å²) >= 11 is 5.95. The Morgan fingerprint density at radius 1 is 1.04 bits per heavy atom. The third-order valence-corrected chi connectivity index (χ3v) is 3.37. The van der Waals surface area contributed by atoms with Gasteiger partial charge in [0.15, 0.2) is 0 Å². The number of hydrogen-bond donors (Lipinski definition) is 0. The number of cyclic esters (lactones) is 2. The molecule has 118 valence electrons. The van der Waals surface area contributed by atoms with Gasteiger partial charge in [0.1, 0.15) is 17.1 Å². The van der Waals surface area contributed by atoms with E-state index in [1.165, 1.54) is 19.9 Å². The lowest BCUT2D eigenvalue weighted by molar-refractivity contribution is -0.222. The highest BCUT2D eigenvalue weighted by molar-refractivity contribution is 6.30. The van der Waals surface area contributed by atoms with E-state index in [0.717, 1.165) is 5.56 Å². The van der Waals surface area contributed by atoms with E-state index in [4.69, 9.17) is 25.5 Å². The summed E-state index contributed by atoms with van der Waals surface area (Å²) in [6, 6.07) is 10.5. The minimum Gasteiger partial charge on any atom is -0.457 e. The molecule has 1 aliphatic rings. The minimum absolute atomic E-state index is 0.212. The minimum atomic E-state index is -1.26. The Morgan fingerprint density at radius 2 is 1.74 bits per heavy atom. The van der Waals surface area contributed by atoms with E-state index in [2.05, 4.69) is 0 Å². The van der Waals surface area contributed by atoms with Crippen LogP contribution in [0.15, 0.2) is 46.4 Å². The lowest BCUT2D eigenvalue weighted by Crippen LogP contribution is -2.41. The quantitative estimate of drug-likeness (QED) is 0.475. The van der Waals surface area contributed by atoms with E-state index < -0.39 is 17.7 Å². The van der Waals surface area contributed by atoms with Crippen molar-refractivity contribution < 1.29 is 23.5 Å². The third kappa shape index (κ3) is 3.29. The lowest BCUT2D eigenvalue weighted by atomic mass is 10.2. The summed E-state index contributed by atoms with van der Waals surface area (Å²) in [5.74, 6) is -1.85. The van der Waals surface area contributed by atoms with Crippen molar-refractivity contribution in [1.82, 2.24) is 0 Å². The number of carbonyl (C=O) groups is 2. The highest BCUT2D eigenvalue weighted by atomic mass is 35.5. The molecule has 1 aromatic carbocycles. The third-order valence-electron chi connectivity index (χ3n) is 3.14. The number of halogens is 1. The second-order valence-corrected chi connectivity index (χ2v) is 5.89. The van der Waals surface area contributed by atoms with Gasteiger partial charge in [-0.2, -0.15) is 0 Å². The summed E-state index contributed by atoms with van der Waals surface area (Å²) in [7, 11) is 0. The molecule has 1 fully saturated rings. The maximum absolute atomic E-state index is 11.9. The van der Waals surface area contributed by atoms with Gasteiger partial charge in [0.2, 0.25) is 0 Å². The average Bonchev–Trinajstić information content (AvgIpc) is 2.90. The monoisotopic (exact) mass is 332 g/mol. The van der Waals surface area contributed by atoms with Crippen LogP contribution in [0.4, 0.5) is 0 Å². The first-order chi connectivity index (χ1) is 10.8. The van der Waals surface area contributed by atoms with Crippen molar-refractivity contribution in [2.24, 2.45) is 0 Å². The summed E-state index contributed by atoms with van der Waals surface area (Å²) < 4.78 is 15.7. The SMILES string of the molecule is CC1(C)OC(=O)C(=Cc2ccc(-c3cccc(Cl)c3)o2)C(=O)O1. The van der Waals surface area contributed by atoms with Gasteiger partial charge in [-0.25, -0.2) is 9.59 Å². The van der Waals surface area contributed by atoms with Crippen LogP contribution in [0.25, 0.3) is 17.4 Å². The first kappa shape index (κ1) is 15.4. The molecular formula is C17H13ClO5. The molecule has 0 saturated carbocycles. The Morgan fingerprint density at radius 3 is 2.39 bits per heavy atom. The second kappa shape index (κ2) is 5.59. The summed E-state index contributed by atoms with van der Waals surface area (Å²) in [5.41, 5.74) is 0.577. The summed E-state index contributed by atoms with van der Waals surface area (Å²) in [5, 5.41) is 0.584. The zero-order valence-electron chi connectivity index (χ0n) is 12.5. The van der Waals surface area contributed by atoms with Crippen molar-refractivity contribution in [2.45, 2.75) is 19.6 Å². The second-order valence-electron chi connectivity index (χ2n) is 5.45. The maximum atomic E-state index is 11.9. The molecule has 0 amide bonds. The fourth-order valence-electron chi connectivity index (χ4n) is 2.15. The Balaban J connectivity index is 1.89. The number of esters is 2. The van der Waals surface area contributed by atoms with Crippen molar-refractivity contribution in [2.75, 3.05) is 0 Å². The first-order valence-electron chi connectivity index (χ1n) is 6.88. The van der Waals surface area contributed by atoms with Gasteiger partial charge in [0.05, 0.1) is 0 Å². The van der Waals surface area contributed by atoms with Crippen LogP contribution in [0.1, 0.15) is 19.6 Å². The first-order valence-corrected chi connectivity index (χ1v) is 7.26. The van der Waals surface area contributed by atoms with E-state index >= 15 is 0 Å². The smallest absolute Gasteiger partial charge is 0.348 e. The topological polar surface area (TPSA) is 65.7 Å². The van der Waals surface area contributed by atoms with Crippen molar-refractivity contribution in [3.8, 4) is 11.3 Å². The molecule has 0 radical (unpaired) electrons. The zero-order chi connectivity index (χ0) is 16.6. The molecule has 1 aromatic heterocycles. The van der Waals surface area contributed by atoms with Crippen LogP contribution >= 0.6 is 11.6 Å². The largest absolute Gasteiger partial charge is 0.457 e. The molecule has 1 aliphatic heterocycles. The number of rotatable bonds is 2. The predicted molar refractivity (Wildman–Crippen MR) is 83.4 cm³/mol. The average molecular weight is 333 g/mol. The molecule has 2 heterocycles. The molecule has 0 N–H and O–H groups in total. The number of ether oxygens (including phenoxy) is 2. The van der Waals surface area contributed by atoms with Crippen molar-refractivity contribution >= 4 is 29.6 Å². The van der Waals surface area contributed by atoms with Gasteiger partial charge >= 0.3 is 11.9 Å². The zero-order valence-corrected chi connectivity index (χ0v) is 13.2. The molecule has 23 heavy (non-hydrogen) atoms. The fraction of sp³-hybridized carbons (Fsp3) is 0.176. The van der Waals surface area contributed by atoms with Gasteiger partial charge < -0.3 is 13.9 Å². The molecule has 0 aliphatic carbocycles.